The topological polar surface area (TPSA) is 60.5 Å². The monoisotopic (exact) mass is 248 g/mol. The van der Waals surface area contributed by atoms with Crippen LogP contribution in [0.2, 0.25) is 0 Å². The van der Waals surface area contributed by atoms with E-state index in [0.717, 1.165) is 29.7 Å². The fraction of sp³-hybridized carbons (Fsp3) is 0.462. The summed E-state index contributed by atoms with van der Waals surface area (Å²) in [7, 11) is 1.50. The number of ether oxygens (including phenoxy) is 1. The zero-order chi connectivity index (χ0) is 12.7. The highest BCUT2D eigenvalue weighted by molar-refractivity contribution is 5.80. The van der Waals surface area contributed by atoms with Gasteiger partial charge >= 0.3 is 0 Å². The third-order valence-electron chi connectivity index (χ3n) is 3.70. The number of aromatic nitrogens is 1. The lowest BCUT2D eigenvalue weighted by Crippen LogP contribution is -2.18. The molecule has 0 saturated heterocycles. The minimum Gasteiger partial charge on any atom is -0.618 e. The van der Waals surface area contributed by atoms with E-state index in [-0.39, 0.29) is 11.7 Å². The highest BCUT2D eigenvalue weighted by atomic mass is 16.5. The number of aromatic hydroxyl groups is 1. The Morgan fingerprint density at radius 3 is 3.17 bits per heavy atom. The Morgan fingerprint density at radius 2 is 2.39 bits per heavy atom. The molecule has 18 heavy (non-hydrogen) atoms. The van der Waals surface area contributed by atoms with Crippen LogP contribution in [0, 0.1) is 11.1 Å². The van der Waals surface area contributed by atoms with E-state index in [2.05, 4.69) is 0 Å². The number of rotatable bonds is 1. The maximum Gasteiger partial charge on any atom is 0.208 e. The van der Waals surface area contributed by atoms with Gasteiger partial charge in [0.2, 0.25) is 6.21 Å². The first-order chi connectivity index (χ1) is 8.70. The van der Waals surface area contributed by atoms with Gasteiger partial charge in [0.1, 0.15) is 0 Å². The average molecular weight is 248 g/mol. The molecule has 0 bridgehead atoms. The summed E-state index contributed by atoms with van der Waals surface area (Å²) in [5.74, 6) is 0.681. The van der Waals surface area contributed by atoms with Gasteiger partial charge in [-0.2, -0.15) is 4.74 Å². The number of methoxy groups -OCH3 is 1. The molecule has 5 heteroatoms. The molecule has 2 heterocycles. The summed E-state index contributed by atoms with van der Waals surface area (Å²) in [6.07, 6.45) is 8.25. The SMILES string of the molecule is COc1c(O)cn2c1C=[N+]([O-])C1=CCCC[C@H]1C2. The molecule has 1 aromatic rings. The van der Waals surface area contributed by atoms with Gasteiger partial charge in [-0.15, -0.1) is 0 Å². The summed E-state index contributed by atoms with van der Waals surface area (Å²) in [4.78, 5) is 0. The minimum absolute atomic E-state index is 0.0837. The zero-order valence-corrected chi connectivity index (χ0v) is 10.3. The summed E-state index contributed by atoms with van der Waals surface area (Å²) in [6.45, 7) is 0.716. The van der Waals surface area contributed by atoms with Gasteiger partial charge in [0.25, 0.3) is 0 Å². The third kappa shape index (κ3) is 1.58. The molecule has 1 aromatic heterocycles. The van der Waals surface area contributed by atoms with Crippen LogP contribution in [0.3, 0.4) is 0 Å². The minimum atomic E-state index is 0.0837. The molecule has 0 fully saturated rings. The Bertz CT molecular complexity index is 543. The standard InChI is InChI=1S/C13H16N2O3/c1-18-13-11-7-15(17)10-5-3-2-4-9(10)6-14(11)8-12(13)16/h5,7-9,16H,2-4,6H2,1H3/t9-/m0/s1. The van der Waals surface area contributed by atoms with Crippen LogP contribution in [0.5, 0.6) is 11.5 Å². The molecule has 0 radical (unpaired) electrons. The van der Waals surface area contributed by atoms with Crippen LogP contribution in [0.4, 0.5) is 0 Å². The van der Waals surface area contributed by atoms with E-state index < -0.39 is 0 Å². The normalized spacial score (nSPS) is 22.4. The number of hydrogen-bond acceptors (Lipinski definition) is 3. The van der Waals surface area contributed by atoms with Gasteiger partial charge in [-0.05, 0) is 25.3 Å². The summed E-state index contributed by atoms with van der Waals surface area (Å²) in [5.41, 5.74) is 1.48. The van der Waals surface area contributed by atoms with Crippen LogP contribution in [-0.2, 0) is 6.54 Å². The summed E-state index contributed by atoms with van der Waals surface area (Å²) >= 11 is 0. The van der Waals surface area contributed by atoms with Crippen molar-refractivity contribution in [3.8, 4) is 11.5 Å². The fourth-order valence-electron chi connectivity index (χ4n) is 2.84. The molecular weight excluding hydrogens is 232 g/mol. The molecule has 1 N–H and O–H groups in total. The van der Waals surface area contributed by atoms with Gasteiger partial charge < -0.3 is 19.6 Å². The van der Waals surface area contributed by atoms with Crippen molar-refractivity contribution in [2.75, 3.05) is 7.11 Å². The molecule has 1 aliphatic carbocycles. The van der Waals surface area contributed by atoms with Gasteiger partial charge in [0.15, 0.2) is 22.9 Å². The Kier molecular flexibility index (Phi) is 2.54. The van der Waals surface area contributed by atoms with Crippen LogP contribution in [0.15, 0.2) is 18.0 Å². The molecule has 2 aliphatic rings. The molecule has 0 unspecified atom stereocenters. The van der Waals surface area contributed by atoms with E-state index in [1.54, 1.807) is 6.20 Å². The highest BCUT2D eigenvalue weighted by Gasteiger charge is 2.30. The van der Waals surface area contributed by atoms with Crippen LogP contribution in [-0.4, -0.2) is 27.7 Å². The van der Waals surface area contributed by atoms with Crippen molar-refractivity contribution in [3.05, 3.63) is 28.9 Å². The highest BCUT2D eigenvalue weighted by Crippen LogP contribution is 2.36. The molecule has 0 spiro atoms. The second-order valence-corrected chi connectivity index (χ2v) is 4.80. The molecule has 5 nitrogen and oxygen atoms in total. The summed E-state index contributed by atoms with van der Waals surface area (Å²) in [5, 5.41) is 21.9. The first kappa shape index (κ1) is 11.2. The maximum absolute atomic E-state index is 12.1. The van der Waals surface area contributed by atoms with Crippen molar-refractivity contribution in [2.24, 2.45) is 5.92 Å². The predicted molar refractivity (Wildman–Crippen MR) is 66.9 cm³/mol. The van der Waals surface area contributed by atoms with Crippen molar-refractivity contribution >= 4 is 6.21 Å². The van der Waals surface area contributed by atoms with Crippen LogP contribution in [0.1, 0.15) is 25.0 Å². The molecule has 0 saturated carbocycles. The fourth-order valence-corrected chi connectivity index (χ4v) is 2.84. The number of allylic oxidation sites excluding steroid dienone is 2. The number of hydroxylamine groups is 1. The molecule has 1 atom stereocenters. The third-order valence-corrected chi connectivity index (χ3v) is 3.70. The van der Waals surface area contributed by atoms with Crippen LogP contribution in [0.25, 0.3) is 0 Å². The van der Waals surface area contributed by atoms with E-state index in [1.165, 1.54) is 13.3 Å². The van der Waals surface area contributed by atoms with E-state index in [1.807, 2.05) is 10.6 Å². The summed E-state index contributed by atoms with van der Waals surface area (Å²) < 4.78 is 7.97. The van der Waals surface area contributed by atoms with Gasteiger partial charge in [0, 0.05) is 6.54 Å². The maximum atomic E-state index is 12.1. The van der Waals surface area contributed by atoms with Crippen molar-refractivity contribution < 1.29 is 14.6 Å². The Hall–Kier alpha value is -1.91. The van der Waals surface area contributed by atoms with E-state index in [4.69, 9.17) is 4.74 Å². The molecule has 1 aliphatic heterocycles. The van der Waals surface area contributed by atoms with Crippen LogP contribution >= 0.6 is 0 Å². The first-order valence-electron chi connectivity index (χ1n) is 6.18. The Balaban J connectivity index is 2.13. The molecule has 3 rings (SSSR count). The van der Waals surface area contributed by atoms with Crippen molar-refractivity contribution in [3.63, 3.8) is 0 Å². The average Bonchev–Trinajstić information content (AvgIpc) is 2.57. The predicted octanol–water partition coefficient (Wildman–Crippen LogP) is 1.83. The van der Waals surface area contributed by atoms with Crippen molar-refractivity contribution in [1.82, 2.24) is 4.57 Å². The molecule has 96 valence electrons. The lowest BCUT2D eigenvalue weighted by atomic mass is 9.92. The van der Waals surface area contributed by atoms with Crippen LogP contribution < -0.4 is 4.74 Å². The lowest BCUT2D eigenvalue weighted by Gasteiger charge is -2.20. The number of fused-ring (bicyclic) bond motifs is 2. The first-order valence-corrected chi connectivity index (χ1v) is 6.18. The van der Waals surface area contributed by atoms with Gasteiger partial charge in [-0.3, -0.25) is 0 Å². The van der Waals surface area contributed by atoms with E-state index >= 15 is 0 Å². The van der Waals surface area contributed by atoms with Gasteiger partial charge in [-0.1, -0.05) is 0 Å². The molecule has 0 amide bonds. The second-order valence-electron chi connectivity index (χ2n) is 4.80. The van der Waals surface area contributed by atoms with Gasteiger partial charge in [0.05, 0.1) is 19.2 Å². The molecule has 0 aromatic carbocycles. The quantitative estimate of drug-likeness (QED) is 0.609. The zero-order valence-electron chi connectivity index (χ0n) is 10.3. The second kappa shape index (κ2) is 4.08. The largest absolute Gasteiger partial charge is 0.618 e. The van der Waals surface area contributed by atoms with Crippen molar-refractivity contribution in [2.45, 2.75) is 25.8 Å². The lowest BCUT2D eigenvalue weighted by molar-refractivity contribution is -0.406. The van der Waals surface area contributed by atoms with Gasteiger partial charge in [-0.25, -0.2) is 0 Å². The van der Waals surface area contributed by atoms with Crippen molar-refractivity contribution in [1.29, 1.82) is 0 Å². The van der Waals surface area contributed by atoms with E-state index in [9.17, 15) is 10.3 Å². The Labute approximate surface area is 105 Å². The Morgan fingerprint density at radius 1 is 1.56 bits per heavy atom. The van der Waals surface area contributed by atoms with E-state index in [0.29, 0.717) is 18.0 Å². The summed E-state index contributed by atoms with van der Waals surface area (Å²) in [6, 6.07) is 0. The smallest absolute Gasteiger partial charge is 0.208 e. The number of nitrogens with zero attached hydrogens (tertiary/aromatic N) is 2. The molecular formula is C13H16N2O3. The number of hydrogen-bond donors (Lipinski definition) is 1.